The molecule has 0 bridgehead atoms. The molecular formula is C31H40ClNO5S2Si. The average Bonchev–Trinajstić information content (AvgIpc) is 3.27. The normalized spacial score (nSPS) is 21.2. The molecule has 2 aromatic carbocycles. The van der Waals surface area contributed by atoms with Crippen LogP contribution in [0.4, 0.5) is 0 Å². The number of halogens is 1. The standard InChI is InChI=1S/C31H40ClNO5S2Si/c1-29(2,3)38-28(34)31(21-30(31,22-37-4)24-11-9-8-10-12-24)33(19-20-41(5,6)7)40(35,36)27-18-17-26(39-27)23-13-15-25(32)16-14-23/h8-18H,19-22H2,1-7H3/t30-,31?/m1/s1. The molecule has 1 aliphatic carbocycles. The predicted molar refractivity (Wildman–Crippen MR) is 170 cm³/mol. The Bertz CT molecular complexity index is 1480. The molecule has 1 aliphatic rings. The molecule has 41 heavy (non-hydrogen) atoms. The van der Waals surface area contributed by atoms with Gasteiger partial charge in [0, 0.05) is 31.6 Å². The van der Waals surface area contributed by atoms with E-state index in [1.807, 2.05) is 48.5 Å². The van der Waals surface area contributed by atoms with E-state index < -0.39 is 40.6 Å². The van der Waals surface area contributed by atoms with E-state index >= 15 is 0 Å². The number of methoxy groups -OCH3 is 1. The number of rotatable bonds is 11. The molecule has 1 fully saturated rings. The lowest BCUT2D eigenvalue weighted by molar-refractivity contribution is -0.162. The molecule has 2 atom stereocenters. The number of hydrogen-bond donors (Lipinski definition) is 0. The summed E-state index contributed by atoms with van der Waals surface area (Å²) in [7, 11) is -4.26. The summed E-state index contributed by atoms with van der Waals surface area (Å²) in [6.07, 6.45) is 0.271. The molecule has 6 nitrogen and oxygen atoms in total. The largest absolute Gasteiger partial charge is 0.459 e. The van der Waals surface area contributed by atoms with E-state index in [9.17, 15) is 13.2 Å². The van der Waals surface area contributed by atoms with E-state index in [1.165, 1.54) is 15.6 Å². The highest BCUT2D eigenvalue weighted by atomic mass is 35.5. The quantitative estimate of drug-likeness (QED) is 0.162. The monoisotopic (exact) mass is 633 g/mol. The summed E-state index contributed by atoms with van der Waals surface area (Å²) in [5.74, 6) is -0.542. The third-order valence-corrected chi connectivity index (χ3v) is 12.9. The van der Waals surface area contributed by atoms with E-state index in [0.717, 1.165) is 16.0 Å². The summed E-state index contributed by atoms with van der Waals surface area (Å²) in [4.78, 5) is 15.1. The van der Waals surface area contributed by atoms with Crippen molar-refractivity contribution in [3.8, 4) is 10.4 Å². The van der Waals surface area contributed by atoms with Crippen LogP contribution in [0.15, 0.2) is 70.9 Å². The molecule has 0 saturated heterocycles. The molecule has 0 radical (unpaired) electrons. The van der Waals surface area contributed by atoms with Crippen molar-refractivity contribution in [3.63, 3.8) is 0 Å². The average molecular weight is 634 g/mol. The van der Waals surface area contributed by atoms with Crippen LogP contribution in [0.2, 0.25) is 30.7 Å². The number of esters is 1. The fourth-order valence-electron chi connectivity index (χ4n) is 5.34. The maximum absolute atomic E-state index is 14.7. The Morgan fingerprint density at radius 1 is 1.02 bits per heavy atom. The maximum atomic E-state index is 14.7. The molecule has 1 aromatic heterocycles. The van der Waals surface area contributed by atoms with E-state index in [4.69, 9.17) is 21.1 Å². The molecular weight excluding hydrogens is 594 g/mol. The first-order valence-corrected chi connectivity index (χ1v) is 20.1. The van der Waals surface area contributed by atoms with Gasteiger partial charge in [0.2, 0.25) is 0 Å². The Hall–Kier alpha value is -2.01. The SMILES string of the molecule is COC[C@@]1(c2ccccc2)CC1(C(=O)OC(C)(C)C)N(CC[Si](C)(C)C)S(=O)(=O)c1ccc(-c2ccc(Cl)cc2)s1. The van der Waals surface area contributed by atoms with Crippen molar-refractivity contribution >= 4 is 47.0 Å². The van der Waals surface area contributed by atoms with E-state index in [-0.39, 0.29) is 23.8 Å². The zero-order chi connectivity index (χ0) is 30.3. The number of sulfonamides is 1. The van der Waals surface area contributed by atoms with Crippen LogP contribution in [-0.2, 0) is 29.7 Å². The van der Waals surface area contributed by atoms with Gasteiger partial charge in [0.1, 0.15) is 15.3 Å². The van der Waals surface area contributed by atoms with Crippen LogP contribution >= 0.6 is 22.9 Å². The van der Waals surface area contributed by atoms with Crippen LogP contribution in [0.1, 0.15) is 32.8 Å². The molecule has 0 amide bonds. The van der Waals surface area contributed by atoms with Crippen molar-refractivity contribution in [1.82, 2.24) is 4.31 Å². The number of ether oxygens (including phenoxy) is 2. The Balaban J connectivity index is 1.90. The van der Waals surface area contributed by atoms with Crippen molar-refractivity contribution in [3.05, 3.63) is 77.3 Å². The van der Waals surface area contributed by atoms with E-state index in [0.29, 0.717) is 11.1 Å². The number of thiophene rings is 1. The van der Waals surface area contributed by atoms with Crippen LogP contribution in [0, 0.1) is 0 Å². The van der Waals surface area contributed by atoms with Gasteiger partial charge < -0.3 is 9.47 Å². The maximum Gasteiger partial charge on any atom is 0.329 e. The molecule has 1 unspecified atom stereocenters. The summed E-state index contributed by atoms with van der Waals surface area (Å²) >= 11 is 7.27. The van der Waals surface area contributed by atoms with Gasteiger partial charge in [-0.1, -0.05) is 73.7 Å². The molecule has 10 heteroatoms. The van der Waals surface area contributed by atoms with Gasteiger partial charge in [-0.2, -0.15) is 4.31 Å². The van der Waals surface area contributed by atoms with Gasteiger partial charge in [0.15, 0.2) is 0 Å². The molecule has 1 heterocycles. The van der Waals surface area contributed by atoms with Crippen molar-refractivity contribution in [1.29, 1.82) is 0 Å². The van der Waals surface area contributed by atoms with Gasteiger partial charge in [-0.05, 0) is 68.6 Å². The Morgan fingerprint density at radius 2 is 1.66 bits per heavy atom. The highest BCUT2D eigenvalue weighted by Gasteiger charge is 2.79. The molecule has 1 saturated carbocycles. The molecule has 0 spiro atoms. The Kier molecular flexibility index (Phi) is 9.01. The van der Waals surface area contributed by atoms with E-state index in [2.05, 4.69) is 19.6 Å². The lowest BCUT2D eigenvalue weighted by Crippen LogP contribution is -2.55. The molecule has 4 rings (SSSR count). The Labute approximate surface area is 254 Å². The van der Waals surface area contributed by atoms with Crippen molar-refractivity contribution in [2.45, 2.75) is 73.6 Å². The minimum Gasteiger partial charge on any atom is -0.459 e. The minimum absolute atomic E-state index is 0.176. The van der Waals surface area contributed by atoms with Crippen LogP contribution in [-0.4, -0.2) is 58.2 Å². The summed E-state index contributed by atoms with van der Waals surface area (Å²) in [6, 6.07) is 21.0. The first kappa shape index (κ1) is 31.9. The summed E-state index contributed by atoms with van der Waals surface area (Å²) in [5.41, 5.74) is -1.43. The van der Waals surface area contributed by atoms with Gasteiger partial charge >= 0.3 is 5.97 Å². The summed E-state index contributed by atoms with van der Waals surface area (Å²) in [5, 5.41) is 0.610. The van der Waals surface area contributed by atoms with Crippen LogP contribution in [0.25, 0.3) is 10.4 Å². The van der Waals surface area contributed by atoms with Crippen molar-refractivity contribution in [2.24, 2.45) is 0 Å². The third kappa shape index (κ3) is 6.50. The summed E-state index contributed by atoms with van der Waals surface area (Å²) in [6.45, 7) is 12.4. The topological polar surface area (TPSA) is 72.9 Å². The van der Waals surface area contributed by atoms with Gasteiger partial charge in [0.05, 0.1) is 12.0 Å². The van der Waals surface area contributed by atoms with Crippen molar-refractivity contribution in [2.75, 3.05) is 20.3 Å². The van der Waals surface area contributed by atoms with Crippen LogP contribution < -0.4 is 0 Å². The number of nitrogens with zero attached hydrogens (tertiary/aromatic N) is 1. The first-order valence-electron chi connectivity index (χ1n) is 13.7. The lowest BCUT2D eigenvalue weighted by Gasteiger charge is -2.37. The second-order valence-corrected chi connectivity index (χ2v) is 22.2. The molecule has 222 valence electrons. The highest BCUT2D eigenvalue weighted by molar-refractivity contribution is 7.91. The summed E-state index contributed by atoms with van der Waals surface area (Å²) < 4.78 is 42.8. The zero-order valence-corrected chi connectivity index (χ0v) is 28.3. The number of hydrogen-bond acceptors (Lipinski definition) is 6. The van der Waals surface area contributed by atoms with Gasteiger partial charge in [0.25, 0.3) is 10.0 Å². The fraction of sp³-hybridized carbons (Fsp3) is 0.452. The number of carbonyl (C=O) groups excluding carboxylic acids is 1. The zero-order valence-electron chi connectivity index (χ0n) is 24.9. The number of carbonyl (C=O) groups is 1. The van der Waals surface area contributed by atoms with Crippen LogP contribution in [0.5, 0.6) is 0 Å². The minimum atomic E-state index is -4.12. The van der Waals surface area contributed by atoms with Crippen LogP contribution in [0.3, 0.4) is 0 Å². The second kappa shape index (κ2) is 11.6. The van der Waals surface area contributed by atoms with Gasteiger partial charge in [-0.3, -0.25) is 0 Å². The van der Waals surface area contributed by atoms with E-state index in [1.54, 1.807) is 46.1 Å². The highest BCUT2D eigenvalue weighted by Crippen LogP contribution is 2.63. The van der Waals surface area contributed by atoms with Gasteiger partial charge in [-0.25, -0.2) is 13.2 Å². The Morgan fingerprint density at radius 3 is 2.22 bits per heavy atom. The first-order chi connectivity index (χ1) is 19.1. The lowest BCUT2D eigenvalue weighted by atomic mass is 9.90. The number of benzene rings is 2. The fourth-order valence-corrected chi connectivity index (χ4v) is 9.74. The second-order valence-electron chi connectivity index (χ2n) is 12.9. The smallest absolute Gasteiger partial charge is 0.329 e. The molecule has 0 N–H and O–H groups in total. The predicted octanol–water partition coefficient (Wildman–Crippen LogP) is 7.47. The molecule has 0 aliphatic heterocycles. The third-order valence-electron chi connectivity index (χ3n) is 7.42. The molecule has 3 aromatic rings. The van der Waals surface area contributed by atoms with Gasteiger partial charge in [-0.15, -0.1) is 11.3 Å². The van der Waals surface area contributed by atoms with Crippen molar-refractivity contribution < 1.29 is 22.7 Å².